The average Bonchev–Trinajstić information content (AvgIpc) is 2.98. The fourth-order valence-corrected chi connectivity index (χ4v) is 2.96. The zero-order valence-electron chi connectivity index (χ0n) is 13.2. The highest BCUT2D eigenvalue weighted by atomic mass is 32.1. The molecular weight excluding hydrogens is 278 g/mol. The second-order valence-electron chi connectivity index (χ2n) is 5.78. The molecule has 0 aromatic carbocycles. The first-order chi connectivity index (χ1) is 10.2. The van der Waals surface area contributed by atoms with Crippen molar-refractivity contribution >= 4 is 17.0 Å². The highest BCUT2D eigenvalue weighted by Gasteiger charge is 2.08. The lowest BCUT2D eigenvalue weighted by Gasteiger charge is -2.22. The maximum absolute atomic E-state index is 4.29. The molecule has 0 aliphatic heterocycles. The number of rotatable bonds is 8. The summed E-state index contributed by atoms with van der Waals surface area (Å²) in [5, 5.41) is 5.65. The molecule has 2 aromatic rings. The van der Waals surface area contributed by atoms with Gasteiger partial charge in [0.25, 0.3) is 0 Å². The molecule has 2 heterocycles. The van der Waals surface area contributed by atoms with Gasteiger partial charge in [-0.15, -0.1) is 11.3 Å². The van der Waals surface area contributed by atoms with E-state index in [0.717, 1.165) is 26.1 Å². The molecule has 0 unspecified atom stereocenters. The Morgan fingerprint density at radius 2 is 2.19 bits per heavy atom. The lowest BCUT2D eigenvalue weighted by atomic mass is 10.2. The van der Waals surface area contributed by atoms with Crippen molar-refractivity contribution in [2.24, 2.45) is 5.92 Å². The summed E-state index contributed by atoms with van der Waals surface area (Å²) in [5.41, 5.74) is 2.55. The Kier molecular flexibility index (Phi) is 6.21. The number of aromatic nitrogens is 1. The van der Waals surface area contributed by atoms with E-state index in [1.807, 2.05) is 23.7 Å². The van der Waals surface area contributed by atoms with E-state index in [0.29, 0.717) is 5.92 Å². The first-order valence-corrected chi connectivity index (χ1v) is 8.42. The maximum atomic E-state index is 4.29. The van der Waals surface area contributed by atoms with Crippen LogP contribution in [-0.4, -0.2) is 25.1 Å². The molecule has 2 aromatic heterocycles. The zero-order chi connectivity index (χ0) is 15.1. The van der Waals surface area contributed by atoms with E-state index in [1.165, 1.54) is 16.1 Å². The Balaban J connectivity index is 1.94. The highest BCUT2D eigenvalue weighted by Crippen LogP contribution is 2.19. The molecule has 0 aliphatic rings. The van der Waals surface area contributed by atoms with E-state index in [4.69, 9.17) is 0 Å². The van der Waals surface area contributed by atoms with E-state index >= 15 is 0 Å². The summed E-state index contributed by atoms with van der Waals surface area (Å²) in [4.78, 5) is 8.03. The summed E-state index contributed by atoms with van der Waals surface area (Å²) in [6.07, 6.45) is 4.94. The fraction of sp³-hybridized carbons (Fsp3) is 0.471. The number of likely N-dealkylation sites (N-methyl/N-ethyl adjacent to an activating group) is 1. The van der Waals surface area contributed by atoms with Gasteiger partial charge < -0.3 is 10.2 Å². The Morgan fingerprint density at radius 3 is 2.90 bits per heavy atom. The SMILES string of the molecule is CC(C)CNCc1ccncc1N(C)CCc1cccs1. The molecule has 2 rings (SSSR count). The molecule has 0 radical (unpaired) electrons. The van der Waals surface area contributed by atoms with Crippen LogP contribution in [0.2, 0.25) is 0 Å². The van der Waals surface area contributed by atoms with Crippen molar-refractivity contribution in [3.8, 4) is 0 Å². The summed E-state index contributed by atoms with van der Waals surface area (Å²) >= 11 is 1.83. The summed E-state index contributed by atoms with van der Waals surface area (Å²) in [7, 11) is 2.15. The number of nitrogens with one attached hydrogen (secondary N) is 1. The third-order valence-electron chi connectivity index (χ3n) is 3.44. The molecule has 4 heteroatoms. The first kappa shape index (κ1) is 16.0. The quantitative estimate of drug-likeness (QED) is 0.808. The number of anilines is 1. The summed E-state index contributed by atoms with van der Waals surface area (Å²) in [6, 6.07) is 6.43. The molecule has 0 saturated carbocycles. The van der Waals surface area contributed by atoms with Gasteiger partial charge in [0.2, 0.25) is 0 Å². The van der Waals surface area contributed by atoms with Gasteiger partial charge in [-0.05, 0) is 42.0 Å². The van der Waals surface area contributed by atoms with Crippen LogP contribution in [0.3, 0.4) is 0 Å². The van der Waals surface area contributed by atoms with Crippen molar-refractivity contribution in [2.75, 3.05) is 25.0 Å². The van der Waals surface area contributed by atoms with Crippen molar-refractivity contribution in [2.45, 2.75) is 26.8 Å². The molecule has 21 heavy (non-hydrogen) atoms. The van der Waals surface area contributed by atoms with E-state index < -0.39 is 0 Å². The van der Waals surface area contributed by atoms with Gasteiger partial charge in [-0.3, -0.25) is 4.98 Å². The largest absolute Gasteiger partial charge is 0.373 e. The van der Waals surface area contributed by atoms with Crippen LogP contribution in [0.25, 0.3) is 0 Å². The van der Waals surface area contributed by atoms with Gasteiger partial charge in [0.1, 0.15) is 0 Å². The molecule has 1 N–H and O–H groups in total. The fourth-order valence-electron chi connectivity index (χ4n) is 2.26. The van der Waals surface area contributed by atoms with Crippen molar-refractivity contribution < 1.29 is 0 Å². The molecule has 0 spiro atoms. The molecular formula is C17H25N3S. The Morgan fingerprint density at radius 1 is 1.33 bits per heavy atom. The van der Waals surface area contributed by atoms with E-state index in [-0.39, 0.29) is 0 Å². The topological polar surface area (TPSA) is 28.2 Å². The number of hydrogen-bond donors (Lipinski definition) is 1. The Bertz CT molecular complexity index is 523. The van der Waals surface area contributed by atoms with Crippen LogP contribution in [0.4, 0.5) is 5.69 Å². The standard InChI is InChI=1S/C17H25N3S/c1-14(2)11-19-12-15-6-8-18-13-17(15)20(3)9-7-16-5-4-10-21-16/h4-6,8,10,13-14,19H,7,9,11-12H2,1-3H3. The summed E-state index contributed by atoms with van der Waals surface area (Å²) in [5.74, 6) is 0.673. The van der Waals surface area contributed by atoms with Gasteiger partial charge in [0.05, 0.1) is 11.9 Å². The van der Waals surface area contributed by atoms with Crippen LogP contribution in [0, 0.1) is 5.92 Å². The lowest BCUT2D eigenvalue weighted by molar-refractivity contribution is 0.552. The molecule has 0 bridgehead atoms. The monoisotopic (exact) mass is 303 g/mol. The van der Waals surface area contributed by atoms with Crippen LogP contribution in [0.15, 0.2) is 36.0 Å². The summed E-state index contributed by atoms with van der Waals surface area (Å²) < 4.78 is 0. The van der Waals surface area contributed by atoms with Crippen LogP contribution >= 0.6 is 11.3 Å². The second kappa shape index (κ2) is 8.15. The van der Waals surface area contributed by atoms with E-state index in [2.05, 4.69) is 59.7 Å². The molecule has 0 atom stereocenters. The predicted molar refractivity (Wildman–Crippen MR) is 92.1 cm³/mol. The van der Waals surface area contributed by atoms with Gasteiger partial charge >= 0.3 is 0 Å². The molecule has 0 fully saturated rings. The van der Waals surface area contributed by atoms with Gasteiger partial charge in [0.15, 0.2) is 0 Å². The third-order valence-corrected chi connectivity index (χ3v) is 4.38. The average molecular weight is 303 g/mol. The van der Waals surface area contributed by atoms with Crippen LogP contribution in [0.1, 0.15) is 24.3 Å². The molecule has 114 valence electrons. The molecule has 0 amide bonds. The lowest BCUT2D eigenvalue weighted by Crippen LogP contribution is -2.24. The van der Waals surface area contributed by atoms with Crippen LogP contribution in [-0.2, 0) is 13.0 Å². The van der Waals surface area contributed by atoms with Crippen molar-refractivity contribution in [3.63, 3.8) is 0 Å². The van der Waals surface area contributed by atoms with E-state index in [1.54, 1.807) is 0 Å². The number of hydrogen-bond acceptors (Lipinski definition) is 4. The van der Waals surface area contributed by atoms with Gasteiger partial charge in [0, 0.05) is 31.2 Å². The third kappa shape index (κ3) is 5.14. The van der Waals surface area contributed by atoms with Gasteiger partial charge in [-0.25, -0.2) is 0 Å². The number of pyridine rings is 1. The zero-order valence-corrected chi connectivity index (χ0v) is 14.0. The number of nitrogens with zero attached hydrogens (tertiary/aromatic N) is 2. The minimum atomic E-state index is 0.673. The molecule has 3 nitrogen and oxygen atoms in total. The van der Waals surface area contributed by atoms with Gasteiger partial charge in [-0.1, -0.05) is 19.9 Å². The summed E-state index contributed by atoms with van der Waals surface area (Å²) in [6.45, 7) is 7.42. The van der Waals surface area contributed by atoms with Crippen molar-refractivity contribution in [3.05, 3.63) is 46.4 Å². The van der Waals surface area contributed by atoms with Crippen molar-refractivity contribution in [1.29, 1.82) is 0 Å². The second-order valence-corrected chi connectivity index (χ2v) is 6.81. The van der Waals surface area contributed by atoms with E-state index in [9.17, 15) is 0 Å². The maximum Gasteiger partial charge on any atom is 0.0595 e. The highest BCUT2D eigenvalue weighted by molar-refractivity contribution is 7.09. The molecule has 0 aliphatic carbocycles. The van der Waals surface area contributed by atoms with Crippen LogP contribution in [0.5, 0.6) is 0 Å². The smallest absolute Gasteiger partial charge is 0.0595 e. The predicted octanol–water partition coefficient (Wildman–Crippen LogP) is 3.57. The minimum absolute atomic E-state index is 0.673. The van der Waals surface area contributed by atoms with Gasteiger partial charge in [-0.2, -0.15) is 0 Å². The minimum Gasteiger partial charge on any atom is -0.373 e. The first-order valence-electron chi connectivity index (χ1n) is 7.54. The Hall–Kier alpha value is -1.39. The van der Waals surface area contributed by atoms with Crippen LogP contribution < -0.4 is 10.2 Å². The normalized spacial score (nSPS) is 11.0. The van der Waals surface area contributed by atoms with Crippen molar-refractivity contribution in [1.82, 2.24) is 10.3 Å². The molecule has 0 saturated heterocycles. The number of thiophene rings is 1. The Labute approximate surface area is 132 Å².